The van der Waals surface area contributed by atoms with Crippen LogP contribution in [-0.2, 0) is 11.3 Å². The third kappa shape index (κ3) is 3.56. The van der Waals surface area contributed by atoms with E-state index in [-0.39, 0.29) is 18.0 Å². The van der Waals surface area contributed by atoms with Gasteiger partial charge in [0.2, 0.25) is 5.91 Å². The summed E-state index contributed by atoms with van der Waals surface area (Å²) in [5.74, 6) is 0.305. The number of carbonyl (C=O) groups is 1. The van der Waals surface area contributed by atoms with Gasteiger partial charge < -0.3 is 11.1 Å². The number of carbonyl (C=O) groups excluding carboxylic acids is 1. The van der Waals surface area contributed by atoms with Gasteiger partial charge in [0.25, 0.3) is 0 Å². The Bertz CT molecular complexity index is 1250. The average Bonchev–Trinajstić information content (AvgIpc) is 3.36. The zero-order valence-electron chi connectivity index (χ0n) is 17.0. The highest BCUT2D eigenvalue weighted by Gasteiger charge is 2.33. The number of amides is 1. The first-order chi connectivity index (χ1) is 15.1. The van der Waals surface area contributed by atoms with Crippen LogP contribution in [0, 0.1) is 0 Å². The molecule has 0 saturated heterocycles. The second kappa shape index (κ2) is 7.71. The third-order valence-corrected chi connectivity index (χ3v) is 5.73. The van der Waals surface area contributed by atoms with E-state index in [0.29, 0.717) is 12.4 Å². The quantitative estimate of drug-likeness (QED) is 0.473. The summed E-state index contributed by atoms with van der Waals surface area (Å²) in [6, 6.07) is 12.4. The molecular formula is C23H23N7O. The Balaban J connectivity index is 1.45. The van der Waals surface area contributed by atoms with Crippen LogP contribution in [0.3, 0.4) is 0 Å². The molecule has 1 aliphatic carbocycles. The number of anilines is 1. The van der Waals surface area contributed by atoms with Crippen LogP contribution < -0.4 is 11.1 Å². The number of nitrogens with one attached hydrogen (secondary N) is 1. The van der Waals surface area contributed by atoms with Gasteiger partial charge in [-0.1, -0.05) is 36.9 Å². The summed E-state index contributed by atoms with van der Waals surface area (Å²) in [5, 5.41) is 13.2. The van der Waals surface area contributed by atoms with E-state index in [4.69, 9.17) is 10.8 Å². The van der Waals surface area contributed by atoms with Crippen LogP contribution in [-0.4, -0.2) is 36.5 Å². The summed E-state index contributed by atoms with van der Waals surface area (Å²) in [5.41, 5.74) is 10.0. The smallest absolute Gasteiger partial charge is 0.243 e. The van der Waals surface area contributed by atoms with Gasteiger partial charge in [-0.3, -0.25) is 14.2 Å². The number of hydrogen-bond donors (Lipinski definition) is 2. The Morgan fingerprint density at radius 2 is 2.06 bits per heavy atom. The Morgan fingerprint density at radius 1 is 1.26 bits per heavy atom. The minimum atomic E-state index is -0.145. The normalized spacial score (nSPS) is 17.9. The minimum Gasteiger partial charge on any atom is -0.383 e. The van der Waals surface area contributed by atoms with Crippen LogP contribution in [0.4, 0.5) is 5.82 Å². The lowest BCUT2D eigenvalue weighted by Gasteiger charge is -2.36. The number of rotatable bonds is 6. The molecule has 1 amide bonds. The molecule has 8 heteroatoms. The molecular weight excluding hydrogens is 390 g/mol. The van der Waals surface area contributed by atoms with E-state index in [1.54, 1.807) is 6.20 Å². The highest BCUT2D eigenvalue weighted by atomic mass is 16.1. The Morgan fingerprint density at radius 3 is 2.84 bits per heavy atom. The fourth-order valence-electron chi connectivity index (χ4n) is 4.10. The highest BCUT2D eigenvalue weighted by Crippen LogP contribution is 2.38. The molecule has 1 aromatic carbocycles. The van der Waals surface area contributed by atoms with Crippen LogP contribution in [0.15, 0.2) is 67.6 Å². The average molecular weight is 413 g/mol. The second-order valence-corrected chi connectivity index (χ2v) is 7.83. The molecule has 0 aliphatic heterocycles. The van der Waals surface area contributed by atoms with Crippen molar-refractivity contribution in [3.63, 3.8) is 0 Å². The van der Waals surface area contributed by atoms with Gasteiger partial charge in [0.1, 0.15) is 11.5 Å². The molecule has 156 valence electrons. The van der Waals surface area contributed by atoms with Crippen LogP contribution >= 0.6 is 0 Å². The summed E-state index contributed by atoms with van der Waals surface area (Å²) in [6.07, 6.45) is 8.42. The summed E-state index contributed by atoms with van der Waals surface area (Å²) >= 11 is 0. The molecule has 1 fully saturated rings. The first-order valence-corrected chi connectivity index (χ1v) is 10.2. The molecule has 31 heavy (non-hydrogen) atoms. The Hall–Kier alpha value is -3.94. The molecule has 0 spiro atoms. The fraction of sp³-hybridized carbons (Fsp3) is 0.217. The third-order valence-electron chi connectivity index (χ3n) is 5.73. The van der Waals surface area contributed by atoms with Gasteiger partial charge >= 0.3 is 0 Å². The predicted octanol–water partition coefficient (Wildman–Crippen LogP) is 2.93. The molecule has 0 bridgehead atoms. The van der Waals surface area contributed by atoms with E-state index in [1.807, 2.05) is 46.0 Å². The topological polar surface area (TPSA) is 104 Å². The molecule has 1 aliphatic rings. The van der Waals surface area contributed by atoms with Gasteiger partial charge in [-0.05, 0) is 30.5 Å². The molecule has 3 heterocycles. The zero-order valence-corrected chi connectivity index (χ0v) is 17.0. The van der Waals surface area contributed by atoms with Crippen LogP contribution in [0.5, 0.6) is 0 Å². The molecule has 0 radical (unpaired) electrons. The van der Waals surface area contributed by atoms with E-state index in [1.165, 1.54) is 11.6 Å². The second-order valence-electron chi connectivity index (χ2n) is 7.83. The predicted molar refractivity (Wildman–Crippen MR) is 119 cm³/mol. The van der Waals surface area contributed by atoms with Crippen molar-refractivity contribution < 1.29 is 4.79 Å². The highest BCUT2D eigenvalue weighted by molar-refractivity contribution is 6.00. The van der Waals surface area contributed by atoms with Gasteiger partial charge in [0.05, 0.1) is 29.7 Å². The van der Waals surface area contributed by atoms with Crippen molar-refractivity contribution in [3.8, 4) is 11.3 Å². The number of aromatic nitrogens is 5. The summed E-state index contributed by atoms with van der Waals surface area (Å²) in [7, 11) is 0. The van der Waals surface area contributed by atoms with Gasteiger partial charge in [0.15, 0.2) is 0 Å². The van der Waals surface area contributed by atoms with Crippen molar-refractivity contribution in [2.24, 2.45) is 0 Å². The summed E-state index contributed by atoms with van der Waals surface area (Å²) < 4.78 is 3.90. The largest absolute Gasteiger partial charge is 0.383 e. The van der Waals surface area contributed by atoms with Crippen LogP contribution in [0.25, 0.3) is 22.2 Å². The van der Waals surface area contributed by atoms with E-state index >= 15 is 0 Å². The van der Waals surface area contributed by atoms with E-state index in [0.717, 1.165) is 35.0 Å². The van der Waals surface area contributed by atoms with Crippen LogP contribution in [0.2, 0.25) is 0 Å². The molecule has 4 aromatic rings. The molecule has 3 N–H and O–H groups in total. The van der Waals surface area contributed by atoms with E-state index in [2.05, 4.69) is 34.1 Å². The molecule has 0 unspecified atom stereocenters. The van der Waals surface area contributed by atoms with Crippen molar-refractivity contribution in [2.45, 2.75) is 31.5 Å². The number of hydrogen-bond acceptors (Lipinski definition) is 5. The standard InChI is InChI=1S/C23H23N7O/c1-2-20(31)27-17-10-18(11-17)30-19-8-9-25-23(24)21(19)22(28-30)16-12-26-29(14-16)13-15-6-4-3-5-7-15/h2-9,12,14,17-18H,1,10-11,13H2,(H2,24,25)(H,27,31). The van der Waals surface area contributed by atoms with Crippen molar-refractivity contribution >= 4 is 22.6 Å². The summed E-state index contributed by atoms with van der Waals surface area (Å²) in [6.45, 7) is 4.19. The lowest BCUT2D eigenvalue weighted by atomic mass is 9.86. The number of nitrogens with two attached hydrogens (primary N) is 1. The lowest BCUT2D eigenvalue weighted by molar-refractivity contribution is -0.117. The maximum Gasteiger partial charge on any atom is 0.243 e. The van der Waals surface area contributed by atoms with Crippen molar-refractivity contribution in [3.05, 3.63) is 73.2 Å². The minimum absolute atomic E-state index is 0.131. The SMILES string of the molecule is C=CC(=O)NC1CC(n2nc(-c3cnn(Cc4ccccc4)c3)c3c(N)nccc32)C1. The van der Waals surface area contributed by atoms with Gasteiger partial charge in [-0.15, -0.1) is 0 Å². The van der Waals surface area contributed by atoms with Crippen molar-refractivity contribution in [1.29, 1.82) is 0 Å². The molecule has 8 nitrogen and oxygen atoms in total. The summed E-state index contributed by atoms with van der Waals surface area (Å²) in [4.78, 5) is 15.8. The number of nitrogens with zero attached hydrogens (tertiary/aromatic N) is 5. The molecule has 1 saturated carbocycles. The maximum atomic E-state index is 11.6. The Kier molecular flexibility index (Phi) is 4.74. The van der Waals surface area contributed by atoms with Crippen molar-refractivity contribution in [2.75, 3.05) is 5.73 Å². The molecule has 5 rings (SSSR count). The number of pyridine rings is 1. The first-order valence-electron chi connectivity index (χ1n) is 10.2. The van der Waals surface area contributed by atoms with Gasteiger partial charge in [-0.2, -0.15) is 10.2 Å². The molecule has 0 atom stereocenters. The monoisotopic (exact) mass is 413 g/mol. The number of benzene rings is 1. The maximum absolute atomic E-state index is 11.6. The number of nitrogen functional groups attached to an aromatic ring is 1. The van der Waals surface area contributed by atoms with Crippen molar-refractivity contribution in [1.82, 2.24) is 29.9 Å². The number of fused-ring (bicyclic) bond motifs is 1. The van der Waals surface area contributed by atoms with E-state index in [9.17, 15) is 4.79 Å². The van der Waals surface area contributed by atoms with Crippen LogP contribution in [0.1, 0.15) is 24.4 Å². The van der Waals surface area contributed by atoms with Gasteiger partial charge in [-0.25, -0.2) is 4.98 Å². The Labute approximate surface area is 179 Å². The first kappa shape index (κ1) is 19.0. The lowest BCUT2D eigenvalue weighted by Crippen LogP contribution is -2.44. The zero-order chi connectivity index (χ0) is 21.4. The van der Waals surface area contributed by atoms with E-state index < -0.39 is 0 Å². The fourth-order valence-corrected chi connectivity index (χ4v) is 4.10. The molecule has 3 aromatic heterocycles. The van der Waals surface area contributed by atoms with Gasteiger partial charge in [0, 0.05) is 24.0 Å².